The first-order valence-electron chi connectivity index (χ1n) is 9.84. The number of carbonyl (C=O) groups is 1. The molecule has 1 aliphatic heterocycles. The number of nitrogens with zero attached hydrogens (tertiary/aromatic N) is 5. The topological polar surface area (TPSA) is 107 Å². The van der Waals surface area contributed by atoms with Crippen molar-refractivity contribution < 1.29 is 4.79 Å². The fraction of sp³-hybridized carbons (Fsp3) is 0.227. The van der Waals surface area contributed by atoms with Crippen molar-refractivity contribution in [3.63, 3.8) is 0 Å². The molecule has 0 bridgehead atoms. The van der Waals surface area contributed by atoms with E-state index in [0.29, 0.717) is 6.54 Å². The van der Waals surface area contributed by atoms with Crippen molar-refractivity contribution in [1.82, 2.24) is 20.3 Å². The van der Waals surface area contributed by atoms with E-state index in [1.807, 2.05) is 17.5 Å². The summed E-state index contributed by atoms with van der Waals surface area (Å²) in [5.41, 5.74) is 3.80. The molecule has 0 radical (unpaired) electrons. The van der Waals surface area contributed by atoms with Crippen LogP contribution in [0.5, 0.6) is 0 Å². The second kappa shape index (κ2) is 9.36. The average Bonchev–Trinajstić information content (AvgIpc) is 3.32. The van der Waals surface area contributed by atoms with Gasteiger partial charge >= 0.3 is 0 Å². The van der Waals surface area contributed by atoms with Crippen molar-refractivity contribution in [2.45, 2.75) is 12.8 Å². The van der Waals surface area contributed by atoms with Gasteiger partial charge in [0.05, 0.1) is 5.69 Å². The molecule has 0 atom stereocenters. The van der Waals surface area contributed by atoms with Gasteiger partial charge in [0.15, 0.2) is 10.8 Å². The summed E-state index contributed by atoms with van der Waals surface area (Å²) in [5, 5.41) is 18.0. The lowest BCUT2D eigenvalue weighted by atomic mass is 9.99. The molecular weight excluding hydrogens is 410 g/mol. The van der Waals surface area contributed by atoms with E-state index >= 15 is 0 Å². The molecule has 0 aromatic carbocycles. The van der Waals surface area contributed by atoms with Gasteiger partial charge in [-0.1, -0.05) is 11.6 Å². The Morgan fingerprint density at radius 1 is 1.29 bits per heavy atom. The highest BCUT2D eigenvalue weighted by molar-refractivity contribution is 7.13. The largest absolute Gasteiger partial charge is 0.365 e. The van der Waals surface area contributed by atoms with Gasteiger partial charge in [-0.3, -0.25) is 4.79 Å². The molecule has 9 heteroatoms. The molecule has 3 aromatic heterocycles. The van der Waals surface area contributed by atoms with E-state index in [9.17, 15) is 10.1 Å². The second-order valence-corrected chi connectivity index (χ2v) is 7.90. The summed E-state index contributed by atoms with van der Waals surface area (Å²) in [6.07, 6.45) is 7.50. The van der Waals surface area contributed by atoms with Crippen LogP contribution in [0, 0.1) is 11.3 Å². The van der Waals surface area contributed by atoms with Gasteiger partial charge in [0, 0.05) is 37.9 Å². The smallest absolute Gasteiger partial charge is 0.269 e. The Morgan fingerprint density at radius 2 is 2.19 bits per heavy atom. The summed E-state index contributed by atoms with van der Waals surface area (Å²) in [6.45, 7) is 1.48. The number of aromatic nitrogens is 3. The van der Waals surface area contributed by atoms with Crippen LogP contribution in [-0.4, -0.2) is 41.0 Å². The number of hydrogen-bond donors (Lipinski definition) is 2. The molecule has 4 rings (SSSR count). The van der Waals surface area contributed by atoms with Crippen molar-refractivity contribution in [2.75, 3.05) is 30.4 Å². The predicted octanol–water partition coefficient (Wildman–Crippen LogP) is 3.29. The quantitative estimate of drug-likeness (QED) is 0.577. The number of hydrogen-bond acceptors (Lipinski definition) is 8. The van der Waals surface area contributed by atoms with Crippen LogP contribution in [0.2, 0.25) is 0 Å². The highest BCUT2D eigenvalue weighted by atomic mass is 32.1. The summed E-state index contributed by atoms with van der Waals surface area (Å²) in [5.74, 6) is 0.483. The Morgan fingerprint density at radius 3 is 2.90 bits per heavy atom. The van der Waals surface area contributed by atoms with Gasteiger partial charge in [-0.25, -0.2) is 15.0 Å². The Balaban J connectivity index is 1.43. The van der Waals surface area contributed by atoms with Gasteiger partial charge in [0.2, 0.25) is 0 Å². The van der Waals surface area contributed by atoms with E-state index in [0.717, 1.165) is 36.0 Å². The Labute approximate surface area is 184 Å². The van der Waals surface area contributed by atoms with Gasteiger partial charge < -0.3 is 15.5 Å². The number of pyridine rings is 2. The summed E-state index contributed by atoms with van der Waals surface area (Å²) < 4.78 is 0. The van der Waals surface area contributed by atoms with Crippen LogP contribution >= 0.6 is 11.3 Å². The SMILES string of the molecule is CNC(=O)c1ccc(N2CC=C(Cc3ccnc(Nc4nccs4)c3)CC2)c(C#N)n1. The number of amides is 1. The molecule has 0 saturated carbocycles. The van der Waals surface area contributed by atoms with Crippen LogP contribution in [0.3, 0.4) is 0 Å². The van der Waals surface area contributed by atoms with Crippen LogP contribution in [-0.2, 0) is 6.42 Å². The van der Waals surface area contributed by atoms with E-state index in [4.69, 9.17) is 0 Å². The fourth-order valence-corrected chi connectivity index (χ4v) is 3.98. The van der Waals surface area contributed by atoms with E-state index in [2.05, 4.69) is 42.6 Å². The molecule has 0 spiro atoms. The molecule has 0 fully saturated rings. The van der Waals surface area contributed by atoms with Crippen molar-refractivity contribution in [2.24, 2.45) is 0 Å². The molecule has 8 nitrogen and oxygen atoms in total. The maximum Gasteiger partial charge on any atom is 0.269 e. The molecule has 1 amide bonds. The Hall–Kier alpha value is -3.77. The summed E-state index contributed by atoms with van der Waals surface area (Å²) >= 11 is 1.53. The minimum Gasteiger partial charge on any atom is -0.365 e. The highest BCUT2D eigenvalue weighted by Crippen LogP contribution is 2.25. The van der Waals surface area contributed by atoms with Crippen molar-refractivity contribution in [3.8, 4) is 6.07 Å². The van der Waals surface area contributed by atoms with Crippen LogP contribution in [0.25, 0.3) is 0 Å². The van der Waals surface area contributed by atoms with Crippen molar-refractivity contribution in [1.29, 1.82) is 5.26 Å². The Bertz CT molecular complexity index is 1150. The molecule has 0 unspecified atom stereocenters. The number of thiazole rings is 1. The number of anilines is 3. The van der Waals surface area contributed by atoms with Gasteiger partial charge in [-0.15, -0.1) is 11.3 Å². The highest BCUT2D eigenvalue weighted by Gasteiger charge is 2.18. The number of rotatable bonds is 6. The van der Waals surface area contributed by atoms with E-state index < -0.39 is 0 Å². The molecule has 156 valence electrons. The lowest BCUT2D eigenvalue weighted by molar-refractivity contribution is 0.0958. The normalized spacial score (nSPS) is 13.3. The summed E-state index contributed by atoms with van der Waals surface area (Å²) in [6, 6.07) is 9.64. The number of carbonyl (C=O) groups excluding carboxylic acids is 1. The van der Waals surface area contributed by atoms with Gasteiger partial charge in [0.25, 0.3) is 5.91 Å². The van der Waals surface area contributed by atoms with Crippen LogP contribution in [0.4, 0.5) is 16.6 Å². The molecule has 0 saturated heterocycles. The maximum absolute atomic E-state index is 11.8. The zero-order valence-corrected chi connectivity index (χ0v) is 17.8. The molecule has 4 heterocycles. The van der Waals surface area contributed by atoms with Gasteiger partial charge in [0.1, 0.15) is 17.6 Å². The molecule has 1 aliphatic rings. The zero-order chi connectivity index (χ0) is 21.6. The average molecular weight is 432 g/mol. The molecular formula is C22H21N7OS. The Kier molecular flexibility index (Phi) is 6.19. The standard InChI is InChI=1S/C22H21N7OS/c1-24-21(30)17-2-3-19(18(14-23)27-17)29-9-5-15(6-10-29)12-16-4-7-25-20(13-16)28-22-26-8-11-31-22/h2-5,7-8,11,13H,6,9-10,12H2,1H3,(H,24,30)(H,25,26,28). The molecule has 0 aliphatic carbocycles. The number of nitriles is 1. The fourth-order valence-electron chi connectivity index (χ4n) is 3.44. The second-order valence-electron chi connectivity index (χ2n) is 7.00. The third kappa shape index (κ3) is 4.87. The molecule has 2 N–H and O–H groups in total. The van der Waals surface area contributed by atoms with Gasteiger partial charge in [-0.2, -0.15) is 5.26 Å². The first-order chi connectivity index (χ1) is 15.2. The van der Waals surface area contributed by atoms with E-state index in [1.165, 1.54) is 22.5 Å². The van der Waals surface area contributed by atoms with Crippen LogP contribution < -0.4 is 15.5 Å². The summed E-state index contributed by atoms with van der Waals surface area (Å²) in [4.78, 5) is 26.7. The lowest BCUT2D eigenvalue weighted by Crippen LogP contribution is -2.30. The molecule has 31 heavy (non-hydrogen) atoms. The first-order valence-corrected chi connectivity index (χ1v) is 10.7. The maximum atomic E-state index is 11.8. The van der Waals surface area contributed by atoms with Gasteiger partial charge in [-0.05, 0) is 42.7 Å². The number of nitrogens with one attached hydrogen (secondary N) is 2. The summed E-state index contributed by atoms with van der Waals surface area (Å²) in [7, 11) is 1.54. The zero-order valence-electron chi connectivity index (χ0n) is 17.0. The van der Waals surface area contributed by atoms with Crippen molar-refractivity contribution in [3.05, 3.63) is 70.6 Å². The van der Waals surface area contributed by atoms with Crippen LogP contribution in [0.1, 0.15) is 28.2 Å². The minimum atomic E-state index is -0.301. The first kappa shape index (κ1) is 20.5. The predicted molar refractivity (Wildman–Crippen MR) is 121 cm³/mol. The third-order valence-electron chi connectivity index (χ3n) is 5.01. The van der Waals surface area contributed by atoms with E-state index in [-0.39, 0.29) is 17.3 Å². The molecule has 3 aromatic rings. The third-order valence-corrected chi connectivity index (χ3v) is 5.69. The van der Waals surface area contributed by atoms with E-state index in [1.54, 1.807) is 31.6 Å². The minimum absolute atomic E-state index is 0.246. The lowest BCUT2D eigenvalue weighted by Gasteiger charge is -2.29. The van der Waals surface area contributed by atoms with Crippen LogP contribution in [0.15, 0.2) is 53.7 Å². The monoisotopic (exact) mass is 431 g/mol. The van der Waals surface area contributed by atoms with Crippen molar-refractivity contribution >= 4 is 33.9 Å².